The molecule has 0 aliphatic carbocycles. The number of nitrogens with zero attached hydrogens (tertiary/aromatic N) is 7. The van der Waals surface area contributed by atoms with Crippen LogP contribution in [0.5, 0.6) is 0 Å². The molecule has 0 atom stereocenters. The van der Waals surface area contributed by atoms with E-state index in [1.54, 1.807) is 37.1 Å². The standard InChI is InChI=1S/C63H38N7.Ir/c1-40-30-33-66-60-55-29-28-45(39-58(55)70-62(59(40)60)69-61-63(70)68-35-34-67-61)51-14-4-7-17-54(51)48-37-46(52-15-5-2-12-49(52)41-20-24-43(25-21-41)56-18-8-10-31-64-56)36-47(38-48)53-16-6-3-13-50(53)42-22-26-44(27-23-42)57-19-9-11-32-65-57;/h2-24,26,28,30-39H,1H3;/q-3;+3/i1D3;. The molecule has 13 aromatic rings. The Balaban J connectivity index is 0.00000556. The largest absolute Gasteiger partial charge is 3.00 e. The molecular weight excluding hydrogens is 1050 g/mol. The molecule has 6 aromatic heterocycles. The molecule has 71 heavy (non-hydrogen) atoms. The number of hydrogen-bond acceptors (Lipinski definition) is 6. The van der Waals surface area contributed by atoms with E-state index in [1.807, 2.05) is 65.1 Å². The predicted octanol–water partition coefficient (Wildman–Crippen LogP) is 14.8. The first-order chi connectivity index (χ1) is 35.8. The zero-order valence-electron chi connectivity index (χ0n) is 40.7. The number of rotatable bonds is 8. The molecule has 7 nitrogen and oxygen atoms in total. The maximum Gasteiger partial charge on any atom is 3.00 e. The first-order valence-corrected chi connectivity index (χ1v) is 22.9. The summed E-state index contributed by atoms with van der Waals surface area (Å²) in [7, 11) is 0. The van der Waals surface area contributed by atoms with Crippen LogP contribution >= 0.6 is 0 Å². The van der Waals surface area contributed by atoms with Crippen LogP contribution in [0, 0.1) is 25.1 Å². The van der Waals surface area contributed by atoms with Gasteiger partial charge in [0.25, 0.3) is 0 Å². The number of benzene rings is 7. The number of imidazole rings is 1. The molecule has 0 aliphatic rings. The molecule has 0 saturated carbocycles. The quantitative estimate of drug-likeness (QED) is 0.111. The van der Waals surface area contributed by atoms with E-state index in [-0.39, 0.29) is 25.7 Å². The monoisotopic (exact) mass is 1090 g/mol. The van der Waals surface area contributed by atoms with E-state index in [0.29, 0.717) is 33.2 Å². The van der Waals surface area contributed by atoms with Crippen LogP contribution in [0.4, 0.5) is 0 Å². The van der Waals surface area contributed by atoms with Gasteiger partial charge in [-0.15, -0.1) is 83.2 Å². The summed E-state index contributed by atoms with van der Waals surface area (Å²) >= 11 is 0. The van der Waals surface area contributed by atoms with Gasteiger partial charge in [-0.05, 0) is 99.1 Å². The zero-order chi connectivity index (χ0) is 49.0. The van der Waals surface area contributed by atoms with E-state index in [2.05, 4.69) is 148 Å². The van der Waals surface area contributed by atoms with Gasteiger partial charge in [-0.2, -0.15) is 0 Å². The second-order valence-corrected chi connectivity index (χ2v) is 17.1. The molecule has 7 aromatic carbocycles. The molecule has 13 rings (SSSR count). The third kappa shape index (κ3) is 7.76. The Kier molecular flexibility index (Phi) is 10.3. The van der Waals surface area contributed by atoms with Gasteiger partial charge in [-0.3, -0.25) is 0 Å². The SMILES string of the molecule is [2H]C([2H])([2H])c1ccnc2c3[c-]cc(-c4ccccc4-c4cc(-c5ccccc5-c5c[c-]c(-c6ccccn6)cc5)cc(-c5ccccc5-c5c[c-]c(-c6ccccn6)cc5)c4)cc3n3c4nccnc4nc3c12.[Ir+3]. The van der Waals surface area contributed by atoms with E-state index in [9.17, 15) is 0 Å². The predicted molar refractivity (Wildman–Crippen MR) is 281 cm³/mol. The van der Waals surface area contributed by atoms with Crippen molar-refractivity contribution >= 4 is 38.7 Å². The van der Waals surface area contributed by atoms with Crippen LogP contribution in [-0.4, -0.2) is 34.3 Å². The normalized spacial score (nSPS) is 12.1. The van der Waals surface area contributed by atoms with Crippen molar-refractivity contribution in [2.75, 3.05) is 0 Å². The van der Waals surface area contributed by atoms with Gasteiger partial charge < -0.3 is 19.4 Å². The van der Waals surface area contributed by atoms with Crippen molar-refractivity contribution in [2.45, 2.75) is 6.85 Å². The number of hydrogen-bond donors (Lipinski definition) is 0. The topological polar surface area (TPSA) is 81.8 Å². The smallest absolute Gasteiger partial charge is 0.318 e. The van der Waals surface area contributed by atoms with Crippen LogP contribution in [-0.2, 0) is 20.1 Å². The van der Waals surface area contributed by atoms with Crippen LogP contribution in [0.1, 0.15) is 9.68 Å². The summed E-state index contributed by atoms with van der Waals surface area (Å²) in [6, 6.07) is 72.8. The summed E-state index contributed by atoms with van der Waals surface area (Å²) in [6.07, 6.45) is 8.35. The molecule has 0 N–H and O–H groups in total. The van der Waals surface area contributed by atoms with Crippen LogP contribution in [0.3, 0.4) is 0 Å². The molecule has 0 unspecified atom stereocenters. The minimum atomic E-state index is -2.42. The van der Waals surface area contributed by atoms with E-state index in [1.165, 1.54) is 0 Å². The van der Waals surface area contributed by atoms with E-state index in [4.69, 9.17) is 19.1 Å². The number of pyridine rings is 4. The summed E-state index contributed by atoms with van der Waals surface area (Å²) in [5.41, 5.74) is 18.6. The minimum Gasteiger partial charge on any atom is -0.318 e. The van der Waals surface area contributed by atoms with Crippen LogP contribution in [0.15, 0.2) is 213 Å². The summed E-state index contributed by atoms with van der Waals surface area (Å²) in [5, 5.41) is 1.07. The van der Waals surface area contributed by atoms with Crippen molar-refractivity contribution in [2.24, 2.45) is 0 Å². The van der Waals surface area contributed by atoms with Gasteiger partial charge in [0.05, 0.1) is 0 Å². The van der Waals surface area contributed by atoms with E-state index >= 15 is 0 Å². The van der Waals surface area contributed by atoms with Gasteiger partial charge in [0.1, 0.15) is 5.65 Å². The van der Waals surface area contributed by atoms with Crippen LogP contribution in [0.2, 0.25) is 0 Å². The fourth-order valence-corrected chi connectivity index (χ4v) is 9.69. The van der Waals surface area contributed by atoms with Crippen LogP contribution in [0.25, 0.3) is 128 Å². The summed E-state index contributed by atoms with van der Waals surface area (Å²) in [6.45, 7) is -2.42. The zero-order valence-corrected chi connectivity index (χ0v) is 40.1. The second kappa shape index (κ2) is 18.3. The summed E-state index contributed by atoms with van der Waals surface area (Å²) in [4.78, 5) is 28.0. The first kappa shape index (κ1) is 40.1. The number of aromatic nitrogens is 7. The molecule has 0 aliphatic heterocycles. The van der Waals surface area contributed by atoms with Gasteiger partial charge in [0.2, 0.25) is 0 Å². The summed E-state index contributed by atoms with van der Waals surface area (Å²) < 4.78 is 27.3. The maximum atomic E-state index is 8.47. The van der Waals surface area contributed by atoms with Crippen molar-refractivity contribution in [1.29, 1.82) is 0 Å². The van der Waals surface area contributed by atoms with Crippen molar-refractivity contribution < 1.29 is 24.2 Å². The number of fused-ring (bicyclic) bond motifs is 8. The molecule has 0 radical (unpaired) electrons. The molecular formula is C63H38IrN7. The van der Waals surface area contributed by atoms with Crippen LogP contribution < -0.4 is 0 Å². The first-order valence-electron chi connectivity index (χ1n) is 24.4. The van der Waals surface area contributed by atoms with Gasteiger partial charge in [0.15, 0.2) is 11.3 Å². The van der Waals surface area contributed by atoms with E-state index in [0.717, 1.165) is 94.8 Å². The Morgan fingerprint density at radius 2 is 0.930 bits per heavy atom. The fourth-order valence-electron chi connectivity index (χ4n) is 9.69. The molecule has 0 saturated heterocycles. The number of aryl methyl sites for hydroxylation is 1. The van der Waals surface area contributed by atoms with Crippen molar-refractivity contribution in [3.8, 4) is 89.3 Å². The minimum absolute atomic E-state index is 0. The van der Waals surface area contributed by atoms with E-state index < -0.39 is 6.85 Å². The Hall–Kier alpha value is -8.81. The van der Waals surface area contributed by atoms with Crippen molar-refractivity contribution in [3.63, 3.8) is 0 Å². The van der Waals surface area contributed by atoms with Crippen molar-refractivity contribution in [1.82, 2.24) is 34.3 Å². The average Bonchev–Trinajstić information content (AvgIpc) is 3.86. The summed E-state index contributed by atoms with van der Waals surface area (Å²) in [5.74, 6) is 0. The van der Waals surface area contributed by atoms with Crippen molar-refractivity contribution in [3.05, 3.63) is 237 Å². The van der Waals surface area contributed by atoms with Gasteiger partial charge in [0, 0.05) is 46.0 Å². The second-order valence-electron chi connectivity index (χ2n) is 17.1. The third-order valence-electron chi connectivity index (χ3n) is 13.0. The molecule has 0 amide bonds. The fraction of sp³-hybridized carbons (Fsp3) is 0.0159. The Morgan fingerprint density at radius 1 is 0.423 bits per heavy atom. The molecule has 0 bridgehead atoms. The van der Waals surface area contributed by atoms with Gasteiger partial charge in [-0.25, -0.2) is 15.0 Å². The molecule has 0 spiro atoms. The molecule has 334 valence electrons. The Labute approximate surface area is 427 Å². The Morgan fingerprint density at radius 3 is 1.44 bits per heavy atom. The molecule has 0 fully saturated rings. The third-order valence-corrected chi connectivity index (χ3v) is 13.0. The average molecular weight is 1090 g/mol. The maximum absolute atomic E-state index is 8.47. The molecule has 8 heteroatoms. The van der Waals surface area contributed by atoms with Gasteiger partial charge >= 0.3 is 20.1 Å². The van der Waals surface area contributed by atoms with Gasteiger partial charge in [-0.1, -0.05) is 130 Å². The molecule has 6 heterocycles. The Bertz CT molecular complexity index is 4100.